The van der Waals surface area contributed by atoms with Crippen LogP contribution in [0.1, 0.15) is 4.88 Å². The van der Waals surface area contributed by atoms with Crippen LogP contribution in [0.25, 0.3) is 0 Å². The highest BCUT2D eigenvalue weighted by atomic mass is 79.9. The molecule has 0 atom stereocenters. The summed E-state index contributed by atoms with van der Waals surface area (Å²) in [6.07, 6.45) is 1.73. The Morgan fingerprint density at radius 2 is 1.94 bits per heavy atom. The first kappa shape index (κ1) is 14.9. The van der Waals surface area contributed by atoms with Gasteiger partial charge in [0.05, 0.1) is 31.2 Å². The lowest BCUT2D eigenvalue weighted by Crippen LogP contribution is -1.99. The Kier molecular flexibility index (Phi) is 5.20. The molecule has 0 aliphatic rings. The summed E-state index contributed by atoms with van der Waals surface area (Å²) in [6, 6.07) is 1.80. The van der Waals surface area contributed by atoms with Crippen LogP contribution in [0, 0.1) is 0 Å². The van der Waals surface area contributed by atoms with Gasteiger partial charge in [-0.1, -0.05) is 34.8 Å². The fraction of sp³-hybridized carbons (Fsp3) is 0.100. The average molecular weight is 451 g/mol. The molecule has 96 valence electrons. The third-order valence-electron chi connectivity index (χ3n) is 2.08. The van der Waals surface area contributed by atoms with Crippen LogP contribution in [0.5, 0.6) is 0 Å². The van der Waals surface area contributed by atoms with E-state index in [0.29, 0.717) is 25.5 Å². The van der Waals surface area contributed by atoms with Crippen molar-refractivity contribution in [2.75, 3.05) is 5.32 Å². The molecular weight excluding hydrogens is 446 g/mol. The van der Waals surface area contributed by atoms with Crippen LogP contribution in [0.2, 0.25) is 14.5 Å². The van der Waals surface area contributed by atoms with Crippen molar-refractivity contribution < 1.29 is 0 Å². The van der Waals surface area contributed by atoms with Crippen LogP contribution in [0.15, 0.2) is 21.2 Å². The molecule has 1 heterocycles. The smallest absolute Gasteiger partial charge is 0.183 e. The molecular formula is C10H5Br2Cl3N2S. The second-order valence-electron chi connectivity index (χ2n) is 3.28. The van der Waals surface area contributed by atoms with Gasteiger partial charge in [-0.15, -0.1) is 11.3 Å². The average Bonchev–Trinajstić information content (AvgIpc) is 2.75. The van der Waals surface area contributed by atoms with E-state index in [1.807, 2.05) is 0 Å². The number of nitrogens with one attached hydrogen (secondary N) is 1. The van der Waals surface area contributed by atoms with Crippen molar-refractivity contribution in [1.82, 2.24) is 4.98 Å². The fourth-order valence-electron chi connectivity index (χ4n) is 1.25. The zero-order chi connectivity index (χ0) is 13.3. The molecule has 0 spiro atoms. The molecule has 0 unspecified atom stereocenters. The quantitative estimate of drug-likeness (QED) is 0.442. The van der Waals surface area contributed by atoms with E-state index in [4.69, 9.17) is 34.8 Å². The summed E-state index contributed by atoms with van der Waals surface area (Å²) in [7, 11) is 0. The number of anilines is 1. The maximum Gasteiger partial charge on any atom is 0.183 e. The van der Waals surface area contributed by atoms with Crippen molar-refractivity contribution in [1.29, 1.82) is 0 Å². The molecule has 0 amide bonds. The molecule has 0 saturated carbocycles. The SMILES string of the molecule is Clc1ncc(CNc2cc(Cl)c(Br)c(Cl)c2Br)s1. The van der Waals surface area contributed by atoms with Gasteiger partial charge >= 0.3 is 0 Å². The molecule has 8 heteroatoms. The second kappa shape index (κ2) is 6.29. The lowest BCUT2D eigenvalue weighted by Gasteiger charge is -2.11. The molecule has 1 aromatic heterocycles. The zero-order valence-corrected chi connectivity index (χ0v) is 14.9. The van der Waals surface area contributed by atoms with Crippen LogP contribution in [-0.4, -0.2) is 4.98 Å². The van der Waals surface area contributed by atoms with E-state index >= 15 is 0 Å². The normalized spacial score (nSPS) is 10.7. The first-order valence-corrected chi connectivity index (χ1v) is 8.19. The Morgan fingerprint density at radius 1 is 1.22 bits per heavy atom. The van der Waals surface area contributed by atoms with E-state index < -0.39 is 0 Å². The highest BCUT2D eigenvalue weighted by molar-refractivity contribution is 9.11. The standard InChI is InChI=1S/C10H5Br2Cl3N2S/c11-7-5(13)1-6(8(12)9(7)14)16-2-4-3-17-10(15)18-4/h1,3,16H,2H2. The van der Waals surface area contributed by atoms with Gasteiger partial charge < -0.3 is 5.32 Å². The Balaban J connectivity index is 2.19. The minimum Gasteiger partial charge on any atom is -0.379 e. The van der Waals surface area contributed by atoms with Gasteiger partial charge in [-0.05, 0) is 37.9 Å². The summed E-state index contributed by atoms with van der Waals surface area (Å²) in [5.41, 5.74) is 0.817. The summed E-state index contributed by atoms with van der Waals surface area (Å²) in [5.74, 6) is 0. The Morgan fingerprint density at radius 3 is 2.56 bits per heavy atom. The predicted octanol–water partition coefficient (Wildman–Crippen LogP) is 6.24. The molecule has 0 aliphatic carbocycles. The van der Waals surface area contributed by atoms with Crippen molar-refractivity contribution >= 4 is 83.7 Å². The molecule has 0 aliphatic heterocycles. The van der Waals surface area contributed by atoms with E-state index in [0.717, 1.165) is 15.0 Å². The molecule has 0 fully saturated rings. The highest BCUT2D eigenvalue weighted by Gasteiger charge is 2.12. The first-order valence-electron chi connectivity index (χ1n) is 4.66. The number of nitrogens with zero attached hydrogens (tertiary/aromatic N) is 1. The number of aromatic nitrogens is 1. The first-order chi connectivity index (χ1) is 8.49. The molecule has 2 aromatic rings. The van der Waals surface area contributed by atoms with Gasteiger partial charge in [-0.25, -0.2) is 4.98 Å². The number of benzene rings is 1. The van der Waals surface area contributed by atoms with E-state index in [1.165, 1.54) is 11.3 Å². The lowest BCUT2D eigenvalue weighted by atomic mass is 10.3. The third kappa shape index (κ3) is 3.32. The Bertz CT molecular complexity index is 589. The van der Waals surface area contributed by atoms with E-state index in [9.17, 15) is 0 Å². The zero-order valence-electron chi connectivity index (χ0n) is 8.61. The number of hydrogen-bond acceptors (Lipinski definition) is 3. The fourth-order valence-corrected chi connectivity index (χ4v) is 3.65. The number of hydrogen-bond donors (Lipinski definition) is 1. The van der Waals surface area contributed by atoms with Crippen LogP contribution in [0.3, 0.4) is 0 Å². The van der Waals surface area contributed by atoms with Crippen LogP contribution in [-0.2, 0) is 6.54 Å². The minimum atomic E-state index is 0.526. The predicted molar refractivity (Wildman–Crippen MR) is 86.3 cm³/mol. The van der Waals surface area contributed by atoms with Crippen molar-refractivity contribution in [3.05, 3.63) is 40.6 Å². The molecule has 0 saturated heterocycles. The molecule has 18 heavy (non-hydrogen) atoms. The molecule has 0 radical (unpaired) electrons. The van der Waals surface area contributed by atoms with E-state index in [-0.39, 0.29) is 0 Å². The third-order valence-corrected chi connectivity index (χ3v) is 6.20. The number of halogens is 5. The molecule has 0 bridgehead atoms. The van der Waals surface area contributed by atoms with Gasteiger partial charge in [0.1, 0.15) is 0 Å². The van der Waals surface area contributed by atoms with Crippen molar-refractivity contribution in [3.8, 4) is 0 Å². The summed E-state index contributed by atoms with van der Waals surface area (Å²) >= 11 is 26.1. The summed E-state index contributed by atoms with van der Waals surface area (Å²) < 4.78 is 1.96. The largest absolute Gasteiger partial charge is 0.379 e. The molecule has 2 rings (SSSR count). The van der Waals surface area contributed by atoms with Gasteiger partial charge in [0.15, 0.2) is 4.47 Å². The van der Waals surface area contributed by atoms with Gasteiger partial charge in [0, 0.05) is 11.1 Å². The van der Waals surface area contributed by atoms with Crippen LogP contribution in [0.4, 0.5) is 5.69 Å². The van der Waals surface area contributed by atoms with E-state index in [1.54, 1.807) is 12.3 Å². The van der Waals surface area contributed by atoms with Crippen LogP contribution >= 0.6 is 78.0 Å². The number of thiazole rings is 1. The topological polar surface area (TPSA) is 24.9 Å². The van der Waals surface area contributed by atoms with Gasteiger partial charge in [-0.3, -0.25) is 0 Å². The molecule has 1 aromatic carbocycles. The summed E-state index contributed by atoms with van der Waals surface area (Å²) in [4.78, 5) is 5.00. The van der Waals surface area contributed by atoms with E-state index in [2.05, 4.69) is 42.2 Å². The van der Waals surface area contributed by atoms with Gasteiger partial charge in [-0.2, -0.15) is 0 Å². The Hall–Kier alpha value is 0.480. The second-order valence-corrected chi connectivity index (χ2v) is 7.35. The maximum atomic E-state index is 6.12. The van der Waals surface area contributed by atoms with Gasteiger partial charge in [0.25, 0.3) is 0 Å². The summed E-state index contributed by atoms with van der Waals surface area (Å²) in [6.45, 7) is 0.608. The lowest BCUT2D eigenvalue weighted by molar-refractivity contribution is 1.17. The van der Waals surface area contributed by atoms with Crippen molar-refractivity contribution in [2.45, 2.75) is 6.54 Å². The van der Waals surface area contributed by atoms with Crippen LogP contribution < -0.4 is 5.32 Å². The number of rotatable bonds is 3. The minimum absolute atomic E-state index is 0.526. The Labute approximate surface area is 140 Å². The highest BCUT2D eigenvalue weighted by Crippen LogP contribution is 2.41. The van der Waals surface area contributed by atoms with Gasteiger partial charge in [0.2, 0.25) is 0 Å². The molecule has 1 N–H and O–H groups in total. The maximum absolute atomic E-state index is 6.12. The summed E-state index contributed by atoms with van der Waals surface area (Å²) in [5, 5.41) is 4.31. The monoisotopic (exact) mass is 448 g/mol. The molecule has 2 nitrogen and oxygen atoms in total. The van der Waals surface area contributed by atoms with Crippen molar-refractivity contribution in [3.63, 3.8) is 0 Å². The van der Waals surface area contributed by atoms with Crippen molar-refractivity contribution in [2.24, 2.45) is 0 Å².